The third-order valence-corrected chi connectivity index (χ3v) is 16.0. The summed E-state index contributed by atoms with van der Waals surface area (Å²) in [4.78, 5) is 70.0. The zero-order valence-corrected chi connectivity index (χ0v) is 50.5. The zero-order valence-electron chi connectivity index (χ0n) is 50.5. The van der Waals surface area contributed by atoms with Gasteiger partial charge in [0.2, 0.25) is 23.6 Å². The first-order valence-electron chi connectivity index (χ1n) is 29.3. The van der Waals surface area contributed by atoms with Gasteiger partial charge in [-0.15, -0.1) is 0 Å². The molecule has 0 aromatic heterocycles. The normalized spacial score (nSPS) is 16.1. The lowest BCUT2D eigenvalue weighted by Crippen LogP contribution is -2.18. The summed E-state index contributed by atoms with van der Waals surface area (Å²) in [6.07, 6.45) is 2.64. The second kappa shape index (κ2) is 23.4. The van der Waals surface area contributed by atoms with Crippen LogP contribution in [0.3, 0.4) is 0 Å². The van der Waals surface area contributed by atoms with Crippen LogP contribution in [0.2, 0.25) is 0 Å². The fraction of sp³-hybridized carbons (Fsp3) is 0.414. The number of benzene rings is 6. The van der Waals surface area contributed by atoms with Crippen LogP contribution in [0.4, 0.5) is 22.7 Å². The van der Waals surface area contributed by atoms with Crippen LogP contribution < -0.4 is 30.7 Å². The number of carbonyl (C=O) groups is 5. The topological polar surface area (TPSA) is 192 Å². The average Bonchev–Trinajstić information content (AvgIpc) is 3.56. The number of esters is 1. The number of ether oxygens (including phenoxy) is 2. The average molecular weight is 1120 g/mol. The molecule has 5 aliphatic heterocycles. The SMILES string of the molecule is CC(C)(C)c1cc2c(O)c(c1)Cc1cc(C(C)(C)C)cc3c1OC(=O)c1cc4cc(c1)NC(=O)CCCCC(=O)Nc1cc(cc(c1)NC(=O)CCCCC(=O)N4)COc1c(cc(C(C)(C)C)cc1Cc1cc(C(C)(C)C)cc(c1O)C3)C2. The number of phenolic OH excluding ortho intramolecular Hbond substituents is 2. The molecule has 0 atom stereocenters. The summed E-state index contributed by atoms with van der Waals surface area (Å²) in [5.41, 5.74) is 9.88. The van der Waals surface area contributed by atoms with Crippen molar-refractivity contribution in [2.75, 3.05) is 21.3 Å². The molecule has 6 aromatic carbocycles. The summed E-state index contributed by atoms with van der Waals surface area (Å²) in [6.45, 7) is 25.7. The third-order valence-electron chi connectivity index (χ3n) is 16.0. The highest BCUT2D eigenvalue weighted by Gasteiger charge is 2.30. The maximum Gasteiger partial charge on any atom is 0.343 e. The smallest absolute Gasteiger partial charge is 0.343 e. The summed E-state index contributed by atoms with van der Waals surface area (Å²) in [6, 6.07) is 26.6. The predicted molar refractivity (Wildman–Crippen MR) is 329 cm³/mol. The molecular formula is C70H82N4O9. The molecule has 4 amide bonds. The number of hydrogen-bond acceptors (Lipinski definition) is 9. The standard InChI is InChI=1S/C70H82N4O9/c1-67(2,3)50-27-41-23-45-31-52(69(7,8)9)32-46-24-42-28-51(68(4,5)6)30-44(63(42)80)26-48-34-53(70(10,11)12)33-47(25-43(29-50)62(41)79)65(48)83-66(81)49-35-56-38-57(36-49)74-61(78)20-16-14-18-59(76)72-55-22-40(39-82-64(45)46)21-54(37-55)71-58(75)17-13-15-19-60(77)73-56/h21-22,27-38,79-80H,13-20,23-26,39H2,1-12H3,(H,71,75)(H,72,76)(H,73,77)(H,74,78). The highest BCUT2D eigenvalue weighted by atomic mass is 16.5. The highest BCUT2D eigenvalue weighted by molar-refractivity contribution is 6.00. The predicted octanol–water partition coefficient (Wildman–Crippen LogP) is 14.7. The highest BCUT2D eigenvalue weighted by Crippen LogP contribution is 2.45. The summed E-state index contributed by atoms with van der Waals surface area (Å²) >= 11 is 0. The van der Waals surface area contributed by atoms with Crippen LogP contribution >= 0.6 is 0 Å². The van der Waals surface area contributed by atoms with Gasteiger partial charge in [0.25, 0.3) is 0 Å². The van der Waals surface area contributed by atoms with Gasteiger partial charge in [0.15, 0.2) is 0 Å². The van der Waals surface area contributed by atoms with E-state index in [0.717, 1.165) is 33.4 Å². The molecule has 0 saturated heterocycles. The Morgan fingerprint density at radius 3 is 0.940 bits per heavy atom. The number of hydrogen-bond donors (Lipinski definition) is 6. The largest absolute Gasteiger partial charge is 0.507 e. The van der Waals surface area contributed by atoms with E-state index < -0.39 is 11.4 Å². The second-order valence-corrected chi connectivity index (χ2v) is 27.2. The number of anilines is 4. The maximum absolute atomic E-state index is 15.3. The van der Waals surface area contributed by atoms with Gasteiger partial charge in [-0.25, -0.2) is 4.79 Å². The lowest BCUT2D eigenvalue weighted by atomic mass is 9.79. The Bertz CT molecular complexity index is 3370. The molecular weight excluding hydrogens is 1040 g/mol. The summed E-state index contributed by atoms with van der Waals surface area (Å²) < 4.78 is 13.9. The van der Waals surface area contributed by atoms with Gasteiger partial charge in [0, 0.05) is 85.2 Å². The fourth-order valence-electron chi connectivity index (χ4n) is 11.1. The van der Waals surface area contributed by atoms with Crippen molar-refractivity contribution in [2.24, 2.45) is 0 Å². The van der Waals surface area contributed by atoms with E-state index in [4.69, 9.17) is 9.47 Å². The summed E-state index contributed by atoms with van der Waals surface area (Å²) in [5, 5.41) is 37.8. The molecule has 13 heteroatoms. The van der Waals surface area contributed by atoms with E-state index in [0.29, 0.717) is 81.8 Å². The quantitative estimate of drug-likeness (QED) is 0.0633. The molecule has 0 spiro atoms. The van der Waals surface area contributed by atoms with E-state index >= 15 is 4.79 Å². The Morgan fingerprint density at radius 1 is 0.361 bits per heavy atom. The second-order valence-electron chi connectivity index (χ2n) is 27.2. The van der Waals surface area contributed by atoms with Crippen LogP contribution in [-0.2, 0) is 73.1 Å². The Balaban J connectivity index is 1.38. The monoisotopic (exact) mass is 1120 g/mol. The van der Waals surface area contributed by atoms with Crippen LogP contribution in [0.25, 0.3) is 0 Å². The van der Waals surface area contributed by atoms with Crippen LogP contribution in [0.5, 0.6) is 23.0 Å². The van der Waals surface area contributed by atoms with E-state index in [1.807, 2.05) is 36.4 Å². The molecule has 16 bridgehead atoms. The van der Waals surface area contributed by atoms with Crippen molar-refractivity contribution in [3.8, 4) is 23.0 Å². The van der Waals surface area contributed by atoms with Crippen LogP contribution in [0.1, 0.15) is 217 Å². The third kappa shape index (κ3) is 14.5. The van der Waals surface area contributed by atoms with Gasteiger partial charge in [-0.2, -0.15) is 0 Å². The molecule has 12 rings (SSSR count). The summed E-state index contributed by atoms with van der Waals surface area (Å²) in [7, 11) is 0. The van der Waals surface area contributed by atoms with Gasteiger partial charge in [0.1, 0.15) is 29.6 Å². The van der Waals surface area contributed by atoms with Crippen molar-refractivity contribution < 1.29 is 43.7 Å². The molecule has 5 heterocycles. The Hall–Kier alpha value is -7.93. The number of carbonyl (C=O) groups excluding carboxylic acids is 5. The van der Waals surface area contributed by atoms with Crippen molar-refractivity contribution in [1.82, 2.24) is 0 Å². The van der Waals surface area contributed by atoms with Gasteiger partial charge < -0.3 is 41.0 Å². The van der Waals surface area contributed by atoms with E-state index in [-0.39, 0.29) is 132 Å². The minimum Gasteiger partial charge on any atom is -0.507 e. The zero-order chi connectivity index (χ0) is 59.9. The molecule has 0 unspecified atom stereocenters. The first-order valence-corrected chi connectivity index (χ1v) is 29.3. The van der Waals surface area contributed by atoms with Gasteiger partial charge in [0.05, 0.1) is 5.56 Å². The van der Waals surface area contributed by atoms with Crippen LogP contribution in [0.15, 0.2) is 84.9 Å². The molecule has 6 aliphatic rings. The molecule has 0 saturated carbocycles. The van der Waals surface area contributed by atoms with Crippen molar-refractivity contribution in [3.05, 3.63) is 163 Å². The van der Waals surface area contributed by atoms with Crippen molar-refractivity contribution >= 4 is 52.3 Å². The molecule has 1 aliphatic carbocycles. The van der Waals surface area contributed by atoms with E-state index in [2.05, 4.69) is 129 Å². The minimum absolute atomic E-state index is 0.000113. The lowest BCUT2D eigenvalue weighted by molar-refractivity contribution is -0.118. The molecule has 436 valence electrons. The summed E-state index contributed by atoms with van der Waals surface area (Å²) in [5.74, 6) is -1.05. The van der Waals surface area contributed by atoms with E-state index in [1.165, 1.54) is 12.1 Å². The number of aromatic hydroxyl groups is 2. The van der Waals surface area contributed by atoms with Gasteiger partial charge >= 0.3 is 5.97 Å². The number of amides is 4. The van der Waals surface area contributed by atoms with Crippen molar-refractivity contribution in [3.63, 3.8) is 0 Å². The first kappa shape index (κ1) is 59.7. The van der Waals surface area contributed by atoms with Gasteiger partial charge in [-0.1, -0.05) is 132 Å². The number of phenols is 2. The maximum atomic E-state index is 15.3. The Labute approximate surface area is 489 Å². The molecule has 6 aromatic rings. The van der Waals surface area contributed by atoms with Crippen LogP contribution in [-0.4, -0.2) is 39.8 Å². The lowest BCUT2D eigenvalue weighted by Gasteiger charge is -2.28. The van der Waals surface area contributed by atoms with Crippen LogP contribution in [0, 0.1) is 0 Å². The molecule has 83 heavy (non-hydrogen) atoms. The van der Waals surface area contributed by atoms with E-state index in [1.54, 1.807) is 12.1 Å². The molecule has 0 fully saturated rings. The van der Waals surface area contributed by atoms with Gasteiger partial charge in [-0.05, 0) is 145 Å². The van der Waals surface area contributed by atoms with E-state index in [9.17, 15) is 29.4 Å². The van der Waals surface area contributed by atoms with Gasteiger partial charge in [-0.3, -0.25) is 19.2 Å². The first-order chi connectivity index (χ1) is 38.9. The molecule has 0 radical (unpaired) electrons. The minimum atomic E-state index is -0.771. The van der Waals surface area contributed by atoms with Crippen molar-refractivity contribution in [2.45, 2.75) is 188 Å². The number of nitrogens with one attached hydrogen (secondary N) is 4. The molecule has 6 N–H and O–H groups in total. The Morgan fingerprint density at radius 2 is 0.639 bits per heavy atom. The molecule has 13 nitrogen and oxygen atoms in total. The fourth-order valence-corrected chi connectivity index (χ4v) is 11.1. The van der Waals surface area contributed by atoms with Crippen molar-refractivity contribution in [1.29, 1.82) is 0 Å². The Kier molecular flexibility index (Phi) is 16.8. The number of rotatable bonds is 0.